The highest BCUT2D eigenvalue weighted by atomic mass is 16.3. The number of nitrogens with zero attached hydrogens (tertiary/aromatic N) is 5. The number of pyridine rings is 1. The first kappa shape index (κ1) is 10.1. The van der Waals surface area contributed by atoms with Crippen LogP contribution in [0.1, 0.15) is 30.1 Å². The second-order valence-corrected chi connectivity index (χ2v) is 4.13. The Hall–Kier alpha value is -2.11. The number of aromatic nitrogens is 4. The molecule has 2 aromatic heterocycles. The van der Waals surface area contributed by atoms with Gasteiger partial charge in [-0.05, 0) is 30.4 Å². The van der Waals surface area contributed by atoms with E-state index in [4.69, 9.17) is 0 Å². The van der Waals surface area contributed by atoms with Gasteiger partial charge in [-0.1, -0.05) is 5.18 Å². The van der Waals surface area contributed by atoms with Gasteiger partial charge in [0.05, 0.1) is 11.9 Å². The lowest BCUT2D eigenvalue weighted by Crippen LogP contribution is -2.03. The second kappa shape index (κ2) is 4.04. The molecule has 0 bridgehead atoms. The molecule has 86 valence electrons. The third-order valence-corrected chi connectivity index (χ3v) is 2.86. The van der Waals surface area contributed by atoms with E-state index < -0.39 is 0 Å². The molecule has 0 spiro atoms. The highest BCUT2D eigenvalue weighted by molar-refractivity contribution is 5.35. The van der Waals surface area contributed by atoms with Crippen LogP contribution in [0.3, 0.4) is 0 Å². The molecule has 0 atom stereocenters. The fourth-order valence-electron chi connectivity index (χ4n) is 1.85. The monoisotopic (exact) mass is 229 g/mol. The average Bonchev–Trinajstić information content (AvgIpc) is 3.11. The van der Waals surface area contributed by atoms with Crippen LogP contribution < -0.4 is 0 Å². The zero-order chi connectivity index (χ0) is 11.7. The molecule has 1 fully saturated rings. The zero-order valence-electron chi connectivity index (χ0n) is 9.15. The predicted molar refractivity (Wildman–Crippen MR) is 60.6 cm³/mol. The van der Waals surface area contributed by atoms with Gasteiger partial charge >= 0.3 is 0 Å². The summed E-state index contributed by atoms with van der Waals surface area (Å²) in [5.74, 6) is 1.17. The van der Waals surface area contributed by atoms with Crippen molar-refractivity contribution in [3.8, 4) is 5.69 Å². The van der Waals surface area contributed by atoms with Gasteiger partial charge in [-0.25, -0.2) is 9.67 Å². The third-order valence-electron chi connectivity index (χ3n) is 2.86. The highest BCUT2D eigenvalue weighted by Gasteiger charge is 2.24. The maximum atomic E-state index is 10.3. The van der Waals surface area contributed by atoms with Crippen molar-refractivity contribution in [2.45, 2.75) is 25.3 Å². The maximum Gasteiger partial charge on any atom is 0.157 e. The van der Waals surface area contributed by atoms with E-state index in [0.717, 1.165) is 5.69 Å². The molecule has 0 amide bonds. The Kier molecular flexibility index (Phi) is 2.40. The molecule has 1 aliphatic carbocycles. The first-order valence-corrected chi connectivity index (χ1v) is 5.52. The first-order chi connectivity index (χ1) is 8.38. The van der Waals surface area contributed by atoms with E-state index in [1.54, 1.807) is 10.9 Å². The average molecular weight is 229 g/mol. The summed E-state index contributed by atoms with van der Waals surface area (Å²) >= 11 is 0. The molecule has 0 aromatic carbocycles. The molecule has 0 aliphatic heterocycles. The van der Waals surface area contributed by atoms with Gasteiger partial charge in [0.2, 0.25) is 0 Å². The molecule has 0 radical (unpaired) electrons. The smallest absolute Gasteiger partial charge is 0.157 e. The molecule has 17 heavy (non-hydrogen) atoms. The number of hydrogen-bond acceptors (Lipinski definition) is 5. The van der Waals surface area contributed by atoms with Crippen molar-refractivity contribution in [1.29, 1.82) is 0 Å². The molecule has 2 heterocycles. The van der Waals surface area contributed by atoms with E-state index in [2.05, 4.69) is 20.2 Å². The molecule has 1 aliphatic rings. The molecule has 6 heteroatoms. The van der Waals surface area contributed by atoms with E-state index in [1.165, 1.54) is 24.7 Å². The fraction of sp³-hybridized carbons (Fsp3) is 0.364. The van der Waals surface area contributed by atoms with Crippen molar-refractivity contribution in [3.63, 3.8) is 0 Å². The van der Waals surface area contributed by atoms with Crippen LogP contribution in [0.25, 0.3) is 5.69 Å². The van der Waals surface area contributed by atoms with E-state index >= 15 is 0 Å². The van der Waals surface area contributed by atoms with E-state index in [-0.39, 0.29) is 6.54 Å². The van der Waals surface area contributed by atoms with Crippen LogP contribution in [-0.4, -0.2) is 19.7 Å². The summed E-state index contributed by atoms with van der Waals surface area (Å²) in [5.41, 5.74) is 2.06. The molecule has 0 N–H and O–H groups in total. The Balaban J connectivity index is 1.98. The number of rotatable bonds is 4. The van der Waals surface area contributed by atoms with Crippen LogP contribution in [0.4, 0.5) is 0 Å². The molecular weight excluding hydrogens is 218 g/mol. The number of hydrogen-bond donors (Lipinski definition) is 0. The first-order valence-electron chi connectivity index (χ1n) is 5.52. The third kappa shape index (κ3) is 1.93. The minimum Gasteiger partial charge on any atom is -0.262 e. The molecule has 2 aromatic rings. The lowest BCUT2D eigenvalue weighted by molar-refractivity contribution is 0.782. The standard InChI is InChI=1S/C11H11N5O/c17-15-6-11-13-7-14-16(11)10-3-9(4-12-5-10)8-1-2-8/h3-5,7-8H,1-2,6H2. The summed E-state index contributed by atoms with van der Waals surface area (Å²) in [6.45, 7) is 0.0215. The van der Waals surface area contributed by atoms with Crippen molar-refractivity contribution in [1.82, 2.24) is 19.7 Å². The van der Waals surface area contributed by atoms with Gasteiger partial charge < -0.3 is 0 Å². The topological polar surface area (TPSA) is 73.0 Å². The Morgan fingerprint density at radius 3 is 3.06 bits per heavy atom. The summed E-state index contributed by atoms with van der Waals surface area (Å²) in [4.78, 5) is 18.5. The normalized spacial score (nSPS) is 14.8. The molecular formula is C11H11N5O. The summed E-state index contributed by atoms with van der Waals surface area (Å²) in [6, 6.07) is 2.05. The SMILES string of the molecule is O=NCc1ncnn1-c1cncc(C2CC2)c1. The van der Waals surface area contributed by atoms with Crippen molar-refractivity contribution >= 4 is 0 Å². The Bertz CT molecular complexity index is 546. The van der Waals surface area contributed by atoms with Gasteiger partial charge in [0.1, 0.15) is 12.9 Å². The lowest BCUT2D eigenvalue weighted by Gasteiger charge is -2.05. The maximum absolute atomic E-state index is 10.3. The quantitative estimate of drug-likeness (QED) is 0.749. The minimum absolute atomic E-state index is 0.0215. The van der Waals surface area contributed by atoms with E-state index in [1.807, 2.05) is 12.3 Å². The number of nitroso groups, excluding NO2 is 1. The van der Waals surface area contributed by atoms with Crippen LogP contribution in [-0.2, 0) is 6.54 Å². The van der Waals surface area contributed by atoms with Crippen LogP contribution in [0.5, 0.6) is 0 Å². The molecule has 6 nitrogen and oxygen atoms in total. The predicted octanol–water partition coefficient (Wildman–Crippen LogP) is 1.81. The summed E-state index contributed by atoms with van der Waals surface area (Å²) in [5, 5.41) is 6.93. The van der Waals surface area contributed by atoms with Gasteiger partial charge in [-0.2, -0.15) is 10.0 Å². The Morgan fingerprint density at radius 2 is 2.29 bits per heavy atom. The van der Waals surface area contributed by atoms with Crippen molar-refractivity contribution < 1.29 is 0 Å². The van der Waals surface area contributed by atoms with Gasteiger partial charge in [0, 0.05) is 6.20 Å². The van der Waals surface area contributed by atoms with Gasteiger partial charge in [-0.3, -0.25) is 4.98 Å². The lowest BCUT2D eigenvalue weighted by atomic mass is 10.2. The highest BCUT2D eigenvalue weighted by Crippen LogP contribution is 2.40. The second-order valence-electron chi connectivity index (χ2n) is 4.13. The Morgan fingerprint density at radius 1 is 1.41 bits per heavy atom. The minimum atomic E-state index is 0.0215. The van der Waals surface area contributed by atoms with Crippen molar-refractivity contribution in [2.75, 3.05) is 0 Å². The summed E-state index contributed by atoms with van der Waals surface area (Å²) < 4.78 is 1.61. The van der Waals surface area contributed by atoms with Crippen LogP contribution in [0.2, 0.25) is 0 Å². The van der Waals surface area contributed by atoms with Crippen LogP contribution in [0.15, 0.2) is 30.0 Å². The van der Waals surface area contributed by atoms with Gasteiger partial charge in [-0.15, -0.1) is 0 Å². The van der Waals surface area contributed by atoms with E-state index in [0.29, 0.717) is 11.7 Å². The largest absolute Gasteiger partial charge is 0.262 e. The van der Waals surface area contributed by atoms with Crippen molar-refractivity contribution in [2.24, 2.45) is 5.18 Å². The summed E-state index contributed by atoms with van der Waals surface area (Å²) in [6.07, 6.45) is 7.48. The van der Waals surface area contributed by atoms with Crippen LogP contribution >= 0.6 is 0 Å². The van der Waals surface area contributed by atoms with Crippen LogP contribution in [0, 0.1) is 4.91 Å². The molecule has 0 saturated heterocycles. The van der Waals surface area contributed by atoms with Crippen molar-refractivity contribution in [3.05, 3.63) is 41.1 Å². The Labute approximate surface area is 97.7 Å². The van der Waals surface area contributed by atoms with E-state index in [9.17, 15) is 4.91 Å². The van der Waals surface area contributed by atoms with Gasteiger partial charge in [0.15, 0.2) is 5.82 Å². The molecule has 0 unspecified atom stereocenters. The fourth-order valence-corrected chi connectivity index (χ4v) is 1.85. The molecule has 3 rings (SSSR count). The van der Waals surface area contributed by atoms with Gasteiger partial charge in [0.25, 0.3) is 0 Å². The molecule has 1 saturated carbocycles. The zero-order valence-corrected chi connectivity index (χ0v) is 9.15. The summed E-state index contributed by atoms with van der Waals surface area (Å²) in [7, 11) is 0.